The Hall–Kier alpha value is 0.580. The fourth-order valence-electron chi connectivity index (χ4n) is 2.04. The lowest BCUT2D eigenvalue weighted by Gasteiger charge is -2.16. The molecule has 0 aliphatic heterocycles. The molecule has 0 aromatic carbocycles. The fraction of sp³-hybridized carbons (Fsp3) is 1.00. The van der Waals surface area contributed by atoms with Gasteiger partial charge in [0.05, 0.1) is 0 Å². The van der Waals surface area contributed by atoms with E-state index in [4.69, 9.17) is 23.2 Å². The smallest absolute Gasteiger partial charge is 0.101 e. The first-order valence-corrected chi connectivity index (χ1v) is 4.83. The standard InChI is InChI=1S/C8H12Cl2/c9-8(10)4-2-1-3-6-5-7(6)8/h6-7H,1-5H2. The molecule has 2 aliphatic carbocycles. The van der Waals surface area contributed by atoms with E-state index in [0.29, 0.717) is 5.92 Å². The average Bonchev–Trinajstić information content (AvgIpc) is 2.56. The van der Waals surface area contributed by atoms with Crippen LogP contribution in [0.15, 0.2) is 0 Å². The van der Waals surface area contributed by atoms with Gasteiger partial charge < -0.3 is 0 Å². The predicted molar refractivity (Wildman–Crippen MR) is 44.5 cm³/mol. The van der Waals surface area contributed by atoms with Crippen LogP contribution in [-0.4, -0.2) is 4.33 Å². The zero-order valence-corrected chi connectivity index (χ0v) is 7.46. The molecule has 2 saturated carbocycles. The van der Waals surface area contributed by atoms with Crippen LogP contribution in [0, 0.1) is 11.8 Å². The molecule has 0 amide bonds. The maximum Gasteiger partial charge on any atom is 0.121 e. The average molecular weight is 179 g/mol. The van der Waals surface area contributed by atoms with E-state index in [2.05, 4.69) is 0 Å². The van der Waals surface area contributed by atoms with Crippen LogP contribution in [0.5, 0.6) is 0 Å². The zero-order valence-electron chi connectivity index (χ0n) is 5.95. The molecule has 2 unspecified atom stereocenters. The third kappa shape index (κ3) is 1.16. The summed E-state index contributed by atoms with van der Waals surface area (Å²) < 4.78 is -0.360. The van der Waals surface area contributed by atoms with E-state index >= 15 is 0 Å². The summed E-state index contributed by atoms with van der Waals surface area (Å²) in [7, 11) is 0. The van der Waals surface area contributed by atoms with Gasteiger partial charge in [-0.3, -0.25) is 0 Å². The monoisotopic (exact) mass is 178 g/mol. The van der Waals surface area contributed by atoms with Crippen molar-refractivity contribution < 1.29 is 0 Å². The molecule has 0 aromatic heterocycles. The van der Waals surface area contributed by atoms with Crippen molar-refractivity contribution in [1.82, 2.24) is 0 Å². The van der Waals surface area contributed by atoms with Crippen LogP contribution in [0.4, 0.5) is 0 Å². The lowest BCUT2D eigenvalue weighted by Crippen LogP contribution is -2.14. The van der Waals surface area contributed by atoms with Gasteiger partial charge in [0.25, 0.3) is 0 Å². The van der Waals surface area contributed by atoms with Crippen molar-refractivity contribution >= 4 is 23.2 Å². The van der Waals surface area contributed by atoms with E-state index in [9.17, 15) is 0 Å². The minimum Gasteiger partial charge on any atom is -0.101 e. The molecule has 10 heavy (non-hydrogen) atoms. The molecule has 2 rings (SSSR count). The molecule has 0 spiro atoms. The van der Waals surface area contributed by atoms with Crippen molar-refractivity contribution in [3.8, 4) is 0 Å². The zero-order chi connectivity index (χ0) is 7.19. The number of alkyl halides is 2. The molecule has 2 atom stereocenters. The summed E-state index contributed by atoms with van der Waals surface area (Å²) in [5.41, 5.74) is 0. The van der Waals surface area contributed by atoms with Gasteiger partial charge in [0.1, 0.15) is 4.33 Å². The van der Waals surface area contributed by atoms with Crippen molar-refractivity contribution in [3.63, 3.8) is 0 Å². The maximum absolute atomic E-state index is 6.13. The fourth-order valence-corrected chi connectivity index (χ4v) is 2.84. The van der Waals surface area contributed by atoms with Gasteiger partial charge in [-0.05, 0) is 24.7 Å². The Morgan fingerprint density at radius 3 is 2.80 bits per heavy atom. The second kappa shape index (κ2) is 2.28. The lowest BCUT2D eigenvalue weighted by molar-refractivity contribution is 0.607. The Balaban J connectivity index is 2.06. The quantitative estimate of drug-likeness (QED) is 0.500. The molecule has 2 heteroatoms. The normalized spacial score (nSPS) is 43.8. The van der Waals surface area contributed by atoms with E-state index in [1.165, 1.54) is 25.7 Å². The number of rotatable bonds is 0. The maximum atomic E-state index is 6.13. The lowest BCUT2D eigenvalue weighted by atomic mass is 10.1. The van der Waals surface area contributed by atoms with E-state index in [0.717, 1.165) is 12.3 Å². The van der Waals surface area contributed by atoms with Gasteiger partial charge in [0.15, 0.2) is 0 Å². The van der Waals surface area contributed by atoms with E-state index in [1.807, 2.05) is 0 Å². The predicted octanol–water partition coefficient (Wildman–Crippen LogP) is 3.37. The highest BCUT2D eigenvalue weighted by Crippen LogP contribution is 2.57. The summed E-state index contributed by atoms with van der Waals surface area (Å²) in [5.74, 6) is 1.51. The molecule has 58 valence electrons. The topological polar surface area (TPSA) is 0 Å². The number of hydrogen-bond acceptors (Lipinski definition) is 0. The minimum absolute atomic E-state index is 0.360. The summed E-state index contributed by atoms with van der Waals surface area (Å²) in [4.78, 5) is 0. The van der Waals surface area contributed by atoms with Gasteiger partial charge in [0.2, 0.25) is 0 Å². The Morgan fingerprint density at radius 2 is 2.00 bits per heavy atom. The molecule has 2 fully saturated rings. The molecule has 0 bridgehead atoms. The van der Waals surface area contributed by atoms with Crippen LogP contribution in [0.3, 0.4) is 0 Å². The third-order valence-corrected chi connectivity index (χ3v) is 3.74. The molecule has 0 radical (unpaired) electrons. The first-order chi connectivity index (χ1) is 4.70. The third-order valence-electron chi connectivity index (χ3n) is 2.80. The summed E-state index contributed by atoms with van der Waals surface area (Å²) in [5, 5.41) is 0. The summed E-state index contributed by atoms with van der Waals surface area (Å²) >= 11 is 12.3. The molecule has 0 N–H and O–H groups in total. The van der Waals surface area contributed by atoms with Crippen LogP contribution in [-0.2, 0) is 0 Å². The molecule has 0 nitrogen and oxygen atoms in total. The first-order valence-electron chi connectivity index (χ1n) is 4.08. The summed E-state index contributed by atoms with van der Waals surface area (Å²) in [6.07, 6.45) is 6.22. The summed E-state index contributed by atoms with van der Waals surface area (Å²) in [6, 6.07) is 0. The van der Waals surface area contributed by atoms with Gasteiger partial charge in [-0.2, -0.15) is 0 Å². The van der Waals surface area contributed by atoms with Gasteiger partial charge in [-0.15, -0.1) is 23.2 Å². The Labute approximate surface area is 71.9 Å². The SMILES string of the molecule is ClC1(Cl)CCCCC2CC21. The van der Waals surface area contributed by atoms with E-state index in [1.54, 1.807) is 0 Å². The molecule has 0 aromatic rings. The highest BCUT2D eigenvalue weighted by atomic mass is 35.5. The van der Waals surface area contributed by atoms with Crippen LogP contribution in [0.1, 0.15) is 32.1 Å². The van der Waals surface area contributed by atoms with Crippen molar-refractivity contribution in [3.05, 3.63) is 0 Å². The molecule has 0 saturated heterocycles. The Morgan fingerprint density at radius 1 is 1.20 bits per heavy atom. The second-order valence-corrected chi connectivity index (χ2v) is 5.15. The Bertz CT molecular complexity index is 142. The van der Waals surface area contributed by atoms with Gasteiger partial charge in [0, 0.05) is 0 Å². The van der Waals surface area contributed by atoms with Gasteiger partial charge in [-0.25, -0.2) is 0 Å². The highest BCUT2D eigenvalue weighted by molar-refractivity contribution is 6.48. The number of fused-ring (bicyclic) bond motifs is 1. The van der Waals surface area contributed by atoms with Crippen LogP contribution < -0.4 is 0 Å². The number of hydrogen-bond donors (Lipinski definition) is 0. The van der Waals surface area contributed by atoms with Crippen LogP contribution in [0.25, 0.3) is 0 Å². The van der Waals surface area contributed by atoms with Crippen LogP contribution in [0.2, 0.25) is 0 Å². The summed E-state index contributed by atoms with van der Waals surface area (Å²) in [6.45, 7) is 0. The highest BCUT2D eigenvalue weighted by Gasteiger charge is 2.51. The number of halogens is 2. The second-order valence-electron chi connectivity index (χ2n) is 3.61. The first kappa shape index (κ1) is 7.24. The van der Waals surface area contributed by atoms with Crippen molar-refractivity contribution in [2.45, 2.75) is 36.4 Å². The van der Waals surface area contributed by atoms with Crippen LogP contribution >= 0.6 is 23.2 Å². The van der Waals surface area contributed by atoms with Gasteiger partial charge in [-0.1, -0.05) is 19.3 Å². The molecule has 0 heterocycles. The van der Waals surface area contributed by atoms with E-state index in [-0.39, 0.29) is 4.33 Å². The van der Waals surface area contributed by atoms with E-state index < -0.39 is 0 Å². The molecule has 2 aliphatic rings. The van der Waals surface area contributed by atoms with Gasteiger partial charge >= 0.3 is 0 Å². The minimum atomic E-state index is -0.360. The van der Waals surface area contributed by atoms with Crippen molar-refractivity contribution in [1.29, 1.82) is 0 Å². The molecular formula is C8H12Cl2. The van der Waals surface area contributed by atoms with Crippen molar-refractivity contribution in [2.24, 2.45) is 11.8 Å². The molecular weight excluding hydrogens is 167 g/mol. The largest absolute Gasteiger partial charge is 0.121 e. The van der Waals surface area contributed by atoms with Crippen molar-refractivity contribution in [2.75, 3.05) is 0 Å². The Kier molecular flexibility index (Phi) is 1.65.